The SMILES string of the molecule is COc1ccc(Cc2ccc3c(c2)C(C)(C)CN3C=O)cc1. The minimum atomic E-state index is 0.00611. The molecule has 1 amide bonds. The van der Waals surface area contributed by atoms with Gasteiger partial charge >= 0.3 is 0 Å². The zero-order valence-corrected chi connectivity index (χ0v) is 13.3. The summed E-state index contributed by atoms with van der Waals surface area (Å²) < 4.78 is 5.19. The molecular formula is C19H21NO2. The van der Waals surface area contributed by atoms with Crippen LogP contribution in [0, 0.1) is 0 Å². The molecule has 0 saturated heterocycles. The molecule has 0 saturated carbocycles. The first-order valence-electron chi connectivity index (χ1n) is 7.52. The van der Waals surface area contributed by atoms with Gasteiger partial charge in [0.25, 0.3) is 0 Å². The molecule has 3 rings (SSSR count). The quantitative estimate of drug-likeness (QED) is 0.807. The summed E-state index contributed by atoms with van der Waals surface area (Å²) in [6.07, 6.45) is 1.81. The molecule has 3 nitrogen and oxygen atoms in total. The number of nitrogens with zero attached hydrogens (tertiary/aromatic N) is 1. The zero-order chi connectivity index (χ0) is 15.7. The Morgan fingerprint density at radius 2 is 1.82 bits per heavy atom. The van der Waals surface area contributed by atoms with Gasteiger partial charge in [0.2, 0.25) is 6.41 Å². The number of fused-ring (bicyclic) bond motifs is 1. The third-order valence-corrected chi connectivity index (χ3v) is 4.36. The van der Waals surface area contributed by atoms with E-state index in [1.54, 1.807) is 12.0 Å². The van der Waals surface area contributed by atoms with Crippen LogP contribution in [0.3, 0.4) is 0 Å². The fraction of sp³-hybridized carbons (Fsp3) is 0.316. The van der Waals surface area contributed by atoms with E-state index in [0.29, 0.717) is 0 Å². The van der Waals surface area contributed by atoms with Gasteiger partial charge in [-0.05, 0) is 41.3 Å². The van der Waals surface area contributed by atoms with Crippen molar-refractivity contribution in [2.45, 2.75) is 25.7 Å². The van der Waals surface area contributed by atoms with Gasteiger partial charge in [-0.3, -0.25) is 4.79 Å². The Morgan fingerprint density at radius 1 is 1.14 bits per heavy atom. The minimum absolute atomic E-state index is 0.00611. The largest absolute Gasteiger partial charge is 0.497 e. The number of methoxy groups -OCH3 is 1. The first-order chi connectivity index (χ1) is 10.5. The lowest BCUT2D eigenvalue weighted by molar-refractivity contribution is -0.107. The number of amides is 1. The number of ether oxygens (including phenoxy) is 1. The summed E-state index contributed by atoms with van der Waals surface area (Å²) in [5, 5.41) is 0. The van der Waals surface area contributed by atoms with Gasteiger partial charge < -0.3 is 9.64 Å². The minimum Gasteiger partial charge on any atom is -0.497 e. The van der Waals surface area contributed by atoms with Crippen LogP contribution in [0.5, 0.6) is 5.75 Å². The van der Waals surface area contributed by atoms with Crippen molar-refractivity contribution in [2.24, 2.45) is 0 Å². The zero-order valence-electron chi connectivity index (χ0n) is 13.3. The van der Waals surface area contributed by atoms with Crippen LogP contribution in [0.15, 0.2) is 42.5 Å². The van der Waals surface area contributed by atoms with Crippen molar-refractivity contribution >= 4 is 12.1 Å². The molecule has 3 heteroatoms. The Hall–Kier alpha value is -2.29. The summed E-state index contributed by atoms with van der Waals surface area (Å²) in [6, 6.07) is 14.6. The molecule has 0 spiro atoms. The van der Waals surface area contributed by atoms with Crippen molar-refractivity contribution < 1.29 is 9.53 Å². The molecular weight excluding hydrogens is 274 g/mol. The highest BCUT2D eigenvalue weighted by Gasteiger charge is 2.34. The summed E-state index contributed by atoms with van der Waals surface area (Å²) in [6.45, 7) is 5.12. The number of carbonyl (C=O) groups excluding carboxylic acids is 1. The highest BCUT2D eigenvalue weighted by Crippen LogP contribution is 2.40. The maximum absolute atomic E-state index is 11.2. The van der Waals surface area contributed by atoms with Crippen LogP contribution in [-0.2, 0) is 16.6 Å². The number of benzene rings is 2. The third kappa shape index (κ3) is 2.59. The van der Waals surface area contributed by atoms with Gasteiger partial charge in [0.15, 0.2) is 0 Å². The summed E-state index contributed by atoms with van der Waals surface area (Å²) in [7, 11) is 1.68. The van der Waals surface area contributed by atoms with Crippen molar-refractivity contribution in [3.63, 3.8) is 0 Å². The fourth-order valence-corrected chi connectivity index (χ4v) is 3.16. The number of rotatable bonds is 4. The van der Waals surface area contributed by atoms with Crippen molar-refractivity contribution in [2.75, 3.05) is 18.6 Å². The average Bonchev–Trinajstić information content (AvgIpc) is 2.79. The normalized spacial score (nSPS) is 15.5. The van der Waals surface area contributed by atoms with Gasteiger partial charge in [0, 0.05) is 17.6 Å². The molecule has 1 aliphatic rings. The van der Waals surface area contributed by atoms with Crippen LogP contribution in [0.25, 0.3) is 0 Å². The standard InChI is InChI=1S/C19H21NO2/c1-19(2)12-20(13-21)18-9-6-15(11-17(18)19)10-14-4-7-16(22-3)8-5-14/h4-9,11,13H,10,12H2,1-3H3. The first-order valence-corrected chi connectivity index (χ1v) is 7.52. The number of carbonyl (C=O) groups is 1. The van der Waals surface area contributed by atoms with Gasteiger partial charge in [-0.1, -0.05) is 38.1 Å². The molecule has 1 heterocycles. The van der Waals surface area contributed by atoms with Crippen LogP contribution in [-0.4, -0.2) is 20.1 Å². The fourth-order valence-electron chi connectivity index (χ4n) is 3.16. The van der Waals surface area contributed by atoms with E-state index in [2.05, 4.69) is 44.2 Å². The second-order valence-electron chi connectivity index (χ2n) is 6.49. The van der Waals surface area contributed by atoms with Crippen LogP contribution in [0.2, 0.25) is 0 Å². The van der Waals surface area contributed by atoms with Crippen molar-refractivity contribution in [3.8, 4) is 5.75 Å². The van der Waals surface area contributed by atoms with E-state index in [1.807, 2.05) is 12.1 Å². The third-order valence-electron chi connectivity index (χ3n) is 4.36. The molecule has 0 bridgehead atoms. The topological polar surface area (TPSA) is 29.5 Å². The smallest absolute Gasteiger partial charge is 0.214 e. The summed E-state index contributed by atoms with van der Waals surface area (Å²) in [5.74, 6) is 0.875. The predicted molar refractivity (Wildman–Crippen MR) is 88.7 cm³/mol. The Kier molecular flexibility index (Phi) is 3.65. The number of hydrogen-bond acceptors (Lipinski definition) is 2. The summed E-state index contributed by atoms with van der Waals surface area (Å²) >= 11 is 0. The first kappa shape index (κ1) is 14.6. The monoisotopic (exact) mass is 295 g/mol. The lowest BCUT2D eigenvalue weighted by Crippen LogP contribution is -2.27. The summed E-state index contributed by atoms with van der Waals surface area (Å²) in [4.78, 5) is 13.0. The molecule has 2 aromatic rings. The number of hydrogen-bond donors (Lipinski definition) is 0. The van der Waals surface area contributed by atoms with E-state index in [-0.39, 0.29) is 5.41 Å². The second kappa shape index (κ2) is 5.48. The average molecular weight is 295 g/mol. The van der Waals surface area contributed by atoms with Crippen LogP contribution < -0.4 is 9.64 Å². The van der Waals surface area contributed by atoms with Gasteiger partial charge in [0.1, 0.15) is 5.75 Å². The molecule has 1 aliphatic heterocycles. The Morgan fingerprint density at radius 3 is 2.45 bits per heavy atom. The van der Waals surface area contributed by atoms with Crippen molar-refractivity contribution in [3.05, 3.63) is 59.2 Å². The highest BCUT2D eigenvalue weighted by molar-refractivity contribution is 5.81. The van der Waals surface area contributed by atoms with Crippen LogP contribution >= 0.6 is 0 Å². The molecule has 0 atom stereocenters. The lowest BCUT2D eigenvalue weighted by atomic mass is 9.85. The van der Waals surface area contributed by atoms with E-state index >= 15 is 0 Å². The van der Waals surface area contributed by atoms with E-state index in [4.69, 9.17) is 4.74 Å². The van der Waals surface area contributed by atoms with Crippen LogP contribution in [0.1, 0.15) is 30.5 Å². The van der Waals surface area contributed by atoms with Gasteiger partial charge in [0.05, 0.1) is 7.11 Å². The lowest BCUT2D eigenvalue weighted by Gasteiger charge is -2.18. The van der Waals surface area contributed by atoms with E-state index in [1.165, 1.54) is 16.7 Å². The molecule has 0 aromatic heterocycles. The summed E-state index contributed by atoms with van der Waals surface area (Å²) in [5.41, 5.74) is 4.82. The molecule has 0 radical (unpaired) electrons. The van der Waals surface area contributed by atoms with Gasteiger partial charge in [-0.15, -0.1) is 0 Å². The highest BCUT2D eigenvalue weighted by atomic mass is 16.5. The molecule has 114 valence electrons. The molecule has 22 heavy (non-hydrogen) atoms. The van der Waals surface area contributed by atoms with Crippen LogP contribution in [0.4, 0.5) is 5.69 Å². The number of anilines is 1. The predicted octanol–water partition coefficient (Wildman–Crippen LogP) is 3.54. The van der Waals surface area contributed by atoms with E-state index in [9.17, 15) is 4.79 Å². The van der Waals surface area contributed by atoms with Crippen molar-refractivity contribution in [1.29, 1.82) is 0 Å². The molecule has 0 fully saturated rings. The molecule has 2 aromatic carbocycles. The van der Waals surface area contributed by atoms with Gasteiger partial charge in [-0.25, -0.2) is 0 Å². The molecule has 0 unspecified atom stereocenters. The van der Waals surface area contributed by atoms with E-state index in [0.717, 1.165) is 30.8 Å². The van der Waals surface area contributed by atoms with E-state index < -0.39 is 0 Å². The maximum Gasteiger partial charge on any atom is 0.214 e. The van der Waals surface area contributed by atoms with Crippen molar-refractivity contribution in [1.82, 2.24) is 0 Å². The van der Waals surface area contributed by atoms with Gasteiger partial charge in [-0.2, -0.15) is 0 Å². The molecule has 0 aliphatic carbocycles. The Bertz CT molecular complexity index is 689. The molecule has 0 N–H and O–H groups in total. The maximum atomic E-state index is 11.2. The second-order valence-corrected chi connectivity index (χ2v) is 6.49. The Balaban J connectivity index is 1.88. The Labute approximate surface area is 131 Å².